The Hall–Kier alpha value is -2.82. The van der Waals surface area contributed by atoms with Crippen LogP contribution in [0.5, 0.6) is 5.75 Å². The van der Waals surface area contributed by atoms with E-state index in [1.54, 1.807) is 18.3 Å². The van der Waals surface area contributed by atoms with E-state index in [0.717, 1.165) is 17.0 Å². The lowest BCUT2D eigenvalue weighted by Gasteiger charge is -2.20. The normalized spacial score (nSPS) is 17.5. The highest BCUT2D eigenvalue weighted by molar-refractivity contribution is 5.95. The summed E-state index contributed by atoms with van der Waals surface area (Å²) in [6.07, 6.45) is 5.41. The van der Waals surface area contributed by atoms with Crippen LogP contribution in [0, 0.1) is 0 Å². The third kappa shape index (κ3) is 2.44. The molecule has 3 aromatic rings. The summed E-state index contributed by atoms with van der Waals surface area (Å²) in [4.78, 5) is 16.7. The number of nitrogens with one attached hydrogen (secondary N) is 1. The molecule has 4 rings (SSSR count). The maximum Gasteiger partial charge on any atom is 0.251 e. The van der Waals surface area contributed by atoms with Gasteiger partial charge in [-0.05, 0) is 25.1 Å². The SMILES string of the molecule is CC(NC(=O)c1ccn2ccnc2c1)C1COc2ccccc21. The highest BCUT2D eigenvalue weighted by Gasteiger charge is 2.29. The number of para-hydroxylation sites is 1. The molecule has 0 bridgehead atoms. The lowest BCUT2D eigenvalue weighted by Crippen LogP contribution is -2.37. The van der Waals surface area contributed by atoms with Crippen LogP contribution < -0.4 is 10.1 Å². The number of rotatable bonds is 3. The predicted molar refractivity (Wildman–Crippen MR) is 86.8 cm³/mol. The van der Waals surface area contributed by atoms with E-state index < -0.39 is 0 Å². The van der Waals surface area contributed by atoms with E-state index in [4.69, 9.17) is 4.74 Å². The molecule has 0 saturated heterocycles. The number of hydrogen-bond donors (Lipinski definition) is 1. The second kappa shape index (κ2) is 5.43. The molecule has 2 aromatic heterocycles. The molecule has 5 heteroatoms. The molecule has 2 unspecified atom stereocenters. The summed E-state index contributed by atoms with van der Waals surface area (Å²) in [7, 11) is 0. The van der Waals surface area contributed by atoms with Crippen LogP contribution in [-0.4, -0.2) is 27.9 Å². The number of carbonyl (C=O) groups excluding carboxylic acids is 1. The van der Waals surface area contributed by atoms with Crippen LogP contribution in [0.25, 0.3) is 5.65 Å². The van der Waals surface area contributed by atoms with Crippen LogP contribution >= 0.6 is 0 Å². The number of amides is 1. The zero-order chi connectivity index (χ0) is 15.8. The van der Waals surface area contributed by atoms with Crippen LogP contribution in [0.3, 0.4) is 0 Å². The number of aromatic nitrogens is 2. The maximum atomic E-state index is 12.5. The van der Waals surface area contributed by atoms with E-state index in [9.17, 15) is 4.79 Å². The number of imidazole rings is 1. The Bertz CT molecular complexity index is 871. The second-order valence-corrected chi connectivity index (χ2v) is 5.83. The van der Waals surface area contributed by atoms with Gasteiger partial charge in [0.05, 0.1) is 6.61 Å². The van der Waals surface area contributed by atoms with Gasteiger partial charge in [-0.2, -0.15) is 0 Å². The van der Waals surface area contributed by atoms with Gasteiger partial charge in [-0.3, -0.25) is 4.79 Å². The topological polar surface area (TPSA) is 55.6 Å². The first-order valence-corrected chi connectivity index (χ1v) is 7.68. The first-order valence-electron chi connectivity index (χ1n) is 7.68. The zero-order valence-corrected chi connectivity index (χ0v) is 12.8. The molecular weight excluding hydrogens is 290 g/mol. The molecule has 2 atom stereocenters. The van der Waals surface area contributed by atoms with Gasteiger partial charge >= 0.3 is 0 Å². The van der Waals surface area contributed by atoms with Gasteiger partial charge < -0.3 is 14.5 Å². The smallest absolute Gasteiger partial charge is 0.251 e. The summed E-state index contributed by atoms with van der Waals surface area (Å²) in [6.45, 7) is 2.61. The van der Waals surface area contributed by atoms with E-state index in [2.05, 4.69) is 16.4 Å². The average molecular weight is 307 g/mol. The van der Waals surface area contributed by atoms with Gasteiger partial charge in [0.2, 0.25) is 0 Å². The minimum Gasteiger partial charge on any atom is -0.493 e. The van der Waals surface area contributed by atoms with Crippen molar-refractivity contribution in [2.24, 2.45) is 0 Å². The lowest BCUT2D eigenvalue weighted by molar-refractivity contribution is 0.0932. The van der Waals surface area contributed by atoms with E-state index in [1.807, 2.05) is 41.9 Å². The van der Waals surface area contributed by atoms with Gasteiger partial charge in [-0.1, -0.05) is 18.2 Å². The molecule has 0 saturated carbocycles. The molecule has 23 heavy (non-hydrogen) atoms. The molecule has 0 radical (unpaired) electrons. The summed E-state index contributed by atoms with van der Waals surface area (Å²) in [5.74, 6) is 0.995. The number of ether oxygens (including phenoxy) is 1. The van der Waals surface area contributed by atoms with Crippen LogP contribution in [0.2, 0.25) is 0 Å². The number of benzene rings is 1. The molecule has 116 valence electrons. The molecule has 5 nitrogen and oxygen atoms in total. The molecule has 1 amide bonds. The maximum absolute atomic E-state index is 12.5. The van der Waals surface area contributed by atoms with Crippen molar-refractivity contribution < 1.29 is 9.53 Å². The van der Waals surface area contributed by atoms with Crippen molar-refractivity contribution in [2.45, 2.75) is 18.9 Å². The first kappa shape index (κ1) is 13.8. The summed E-state index contributed by atoms with van der Waals surface area (Å²) in [5.41, 5.74) is 2.53. The van der Waals surface area contributed by atoms with Gasteiger partial charge in [0.15, 0.2) is 0 Å². The first-order chi connectivity index (χ1) is 11.2. The summed E-state index contributed by atoms with van der Waals surface area (Å²) in [5, 5.41) is 3.08. The standard InChI is InChI=1S/C18H17N3O2/c1-12(15-11-23-16-5-3-2-4-14(15)16)20-18(22)13-6-8-21-9-7-19-17(21)10-13/h2-10,12,15H,11H2,1H3,(H,20,22). The molecule has 0 fully saturated rings. The van der Waals surface area contributed by atoms with Crippen molar-refractivity contribution in [3.8, 4) is 5.75 Å². The van der Waals surface area contributed by atoms with Crippen molar-refractivity contribution in [3.05, 3.63) is 66.1 Å². The van der Waals surface area contributed by atoms with Crippen LogP contribution in [0.15, 0.2) is 55.0 Å². The highest BCUT2D eigenvalue weighted by Crippen LogP contribution is 2.35. The second-order valence-electron chi connectivity index (χ2n) is 5.83. The molecule has 1 aromatic carbocycles. The molecular formula is C18H17N3O2. The quantitative estimate of drug-likeness (QED) is 0.809. The molecule has 0 spiro atoms. The van der Waals surface area contributed by atoms with E-state index in [-0.39, 0.29) is 17.9 Å². The summed E-state index contributed by atoms with van der Waals surface area (Å²) < 4.78 is 7.58. The number of hydrogen-bond acceptors (Lipinski definition) is 3. The third-order valence-corrected chi connectivity index (χ3v) is 4.36. The fourth-order valence-electron chi connectivity index (χ4n) is 3.04. The number of carbonyl (C=O) groups is 1. The lowest BCUT2D eigenvalue weighted by atomic mass is 9.94. The van der Waals surface area contributed by atoms with Gasteiger partial charge in [0, 0.05) is 41.7 Å². The fourth-order valence-corrected chi connectivity index (χ4v) is 3.04. The Labute approximate surface area is 133 Å². The molecule has 3 heterocycles. The van der Waals surface area contributed by atoms with Crippen molar-refractivity contribution in [3.63, 3.8) is 0 Å². The Morgan fingerprint density at radius 1 is 1.35 bits per heavy atom. The summed E-state index contributed by atoms with van der Waals surface area (Å²) in [6, 6.07) is 11.6. The van der Waals surface area contributed by atoms with Crippen molar-refractivity contribution in [1.82, 2.24) is 14.7 Å². The van der Waals surface area contributed by atoms with Crippen LogP contribution in [-0.2, 0) is 0 Å². The molecule has 1 aliphatic heterocycles. The molecule has 1 aliphatic rings. The van der Waals surface area contributed by atoms with Gasteiger partial charge in [-0.25, -0.2) is 4.98 Å². The average Bonchev–Trinajstić information content (AvgIpc) is 3.20. The van der Waals surface area contributed by atoms with Crippen molar-refractivity contribution in [2.75, 3.05) is 6.61 Å². The van der Waals surface area contributed by atoms with Crippen LogP contribution in [0.1, 0.15) is 28.8 Å². The van der Waals surface area contributed by atoms with Gasteiger partial charge in [-0.15, -0.1) is 0 Å². The monoisotopic (exact) mass is 307 g/mol. The Kier molecular flexibility index (Phi) is 3.26. The minimum atomic E-state index is -0.0904. The largest absolute Gasteiger partial charge is 0.493 e. The predicted octanol–water partition coefficient (Wildman–Crippen LogP) is 2.63. The third-order valence-electron chi connectivity index (χ3n) is 4.36. The van der Waals surface area contributed by atoms with E-state index >= 15 is 0 Å². The molecule has 1 N–H and O–H groups in total. The zero-order valence-electron chi connectivity index (χ0n) is 12.8. The highest BCUT2D eigenvalue weighted by atomic mass is 16.5. The summed E-state index contributed by atoms with van der Waals surface area (Å²) >= 11 is 0. The number of pyridine rings is 1. The Morgan fingerprint density at radius 2 is 2.22 bits per heavy atom. The Morgan fingerprint density at radius 3 is 3.13 bits per heavy atom. The Balaban J connectivity index is 1.52. The van der Waals surface area contributed by atoms with Crippen LogP contribution in [0.4, 0.5) is 0 Å². The van der Waals surface area contributed by atoms with Gasteiger partial charge in [0.25, 0.3) is 5.91 Å². The molecule has 0 aliphatic carbocycles. The van der Waals surface area contributed by atoms with E-state index in [0.29, 0.717) is 12.2 Å². The number of nitrogens with zero attached hydrogens (tertiary/aromatic N) is 2. The van der Waals surface area contributed by atoms with Crippen molar-refractivity contribution >= 4 is 11.6 Å². The fraction of sp³-hybridized carbons (Fsp3) is 0.222. The number of fused-ring (bicyclic) bond motifs is 2. The minimum absolute atomic E-state index is 0.0119. The van der Waals surface area contributed by atoms with Gasteiger partial charge in [0.1, 0.15) is 11.4 Å². The van der Waals surface area contributed by atoms with Crippen molar-refractivity contribution in [1.29, 1.82) is 0 Å². The van der Waals surface area contributed by atoms with E-state index in [1.165, 1.54) is 0 Å².